The van der Waals surface area contributed by atoms with E-state index in [1.54, 1.807) is 6.92 Å². The van der Waals surface area contributed by atoms with Gasteiger partial charge in [-0.3, -0.25) is 4.79 Å². The van der Waals surface area contributed by atoms with E-state index in [9.17, 15) is 30.3 Å². The minimum Gasteiger partial charge on any atom is -0.394 e. The van der Waals surface area contributed by atoms with Gasteiger partial charge in [0.15, 0.2) is 12.1 Å². The number of carbonyl (C=O) groups is 1. The van der Waals surface area contributed by atoms with Crippen LogP contribution in [0.1, 0.15) is 88.5 Å². The molecule has 1 saturated heterocycles. The van der Waals surface area contributed by atoms with Crippen molar-refractivity contribution in [2.75, 3.05) is 6.61 Å². The van der Waals surface area contributed by atoms with E-state index in [4.69, 9.17) is 9.47 Å². The van der Waals surface area contributed by atoms with Gasteiger partial charge in [0.2, 0.25) is 0 Å². The first kappa shape index (κ1) is 44.9. The molecular formula is C46H64O8. The SMILES string of the molecule is CC1=C(/C=C/C(C)=C/C=C/C(C)=C/C=C/C=C(C)/C=C/C=C(C)/C=C/C2=C(C)C(=O)[C@@H](OC3OC(CO)C(O)C(O)C3O)CC2(C)C)C(C)(C)C[C@H](O)C1. The number of hydrogen-bond acceptors (Lipinski definition) is 8. The smallest absolute Gasteiger partial charge is 0.187 e. The maximum Gasteiger partial charge on any atom is 0.187 e. The first-order valence-corrected chi connectivity index (χ1v) is 18.9. The number of rotatable bonds is 13. The summed E-state index contributed by atoms with van der Waals surface area (Å²) in [5.74, 6) is -0.243. The Bertz CT molecular complexity index is 1680. The Morgan fingerprint density at radius 1 is 0.704 bits per heavy atom. The number of ketones is 1. The quantitative estimate of drug-likeness (QED) is 0.122. The molecule has 8 nitrogen and oxygen atoms in total. The van der Waals surface area contributed by atoms with Crippen LogP contribution in [0, 0.1) is 10.8 Å². The van der Waals surface area contributed by atoms with Crippen molar-refractivity contribution in [2.45, 2.75) is 131 Å². The fraction of sp³-hybridized carbons (Fsp3) is 0.500. The van der Waals surface area contributed by atoms with Crippen molar-refractivity contribution in [3.05, 3.63) is 130 Å². The zero-order valence-corrected chi connectivity index (χ0v) is 33.9. The summed E-state index contributed by atoms with van der Waals surface area (Å²) in [6.45, 7) is 19.9. The van der Waals surface area contributed by atoms with Crippen LogP contribution < -0.4 is 0 Å². The number of allylic oxidation sites excluding steroid dienone is 20. The lowest BCUT2D eigenvalue weighted by Crippen LogP contribution is -2.60. The summed E-state index contributed by atoms with van der Waals surface area (Å²) in [5, 5.41) is 50.2. The molecule has 1 aliphatic heterocycles. The first-order valence-electron chi connectivity index (χ1n) is 18.9. The van der Waals surface area contributed by atoms with Crippen LogP contribution in [0.3, 0.4) is 0 Å². The number of carbonyl (C=O) groups excluding carboxylic acids is 1. The van der Waals surface area contributed by atoms with Crippen LogP contribution in [0.15, 0.2) is 130 Å². The number of hydrogen-bond donors (Lipinski definition) is 5. The predicted molar refractivity (Wildman–Crippen MR) is 217 cm³/mol. The molecule has 0 spiro atoms. The fourth-order valence-electron chi connectivity index (χ4n) is 7.30. The monoisotopic (exact) mass is 744 g/mol. The Labute approximate surface area is 323 Å². The van der Waals surface area contributed by atoms with Crippen LogP contribution in [0.2, 0.25) is 0 Å². The Morgan fingerprint density at radius 3 is 1.70 bits per heavy atom. The van der Waals surface area contributed by atoms with E-state index in [0.717, 1.165) is 35.1 Å². The van der Waals surface area contributed by atoms with Crippen molar-refractivity contribution >= 4 is 5.78 Å². The Hall–Kier alpha value is -3.47. The highest BCUT2D eigenvalue weighted by molar-refractivity contribution is 6.00. The molecule has 3 rings (SSSR count). The van der Waals surface area contributed by atoms with Crippen LogP contribution in [0.25, 0.3) is 0 Å². The molecule has 54 heavy (non-hydrogen) atoms. The summed E-state index contributed by atoms with van der Waals surface area (Å²) < 4.78 is 11.3. The molecule has 1 fully saturated rings. The third-order valence-electron chi connectivity index (χ3n) is 10.4. The van der Waals surface area contributed by atoms with E-state index in [0.29, 0.717) is 12.0 Å². The molecule has 5 unspecified atom stereocenters. The van der Waals surface area contributed by atoms with E-state index in [2.05, 4.69) is 71.1 Å². The highest BCUT2D eigenvalue weighted by Crippen LogP contribution is 2.42. The second kappa shape index (κ2) is 19.9. The van der Waals surface area contributed by atoms with Gasteiger partial charge < -0.3 is 35.0 Å². The highest BCUT2D eigenvalue weighted by Gasteiger charge is 2.47. The molecule has 0 amide bonds. The molecule has 0 radical (unpaired) electrons. The normalized spacial score (nSPS) is 30.8. The molecular weight excluding hydrogens is 680 g/mol. The average Bonchev–Trinajstić information content (AvgIpc) is 3.08. The van der Waals surface area contributed by atoms with Crippen LogP contribution in [0.5, 0.6) is 0 Å². The van der Waals surface area contributed by atoms with Gasteiger partial charge >= 0.3 is 0 Å². The van der Waals surface area contributed by atoms with Crippen molar-refractivity contribution in [3.8, 4) is 0 Å². The van der Waals surface area contributed by atoms with Crippen LogP contribution in [0.4, 0.5) is 0 Å². The predicted octanol–water partition coefficient (Wildman–Crippen LogP) is 7.55. The lowest BCUT2D eigenvalue weighted by molar-refractivity contribution is -0.309. The average molecular weight is 745 g/mol. The van der Waals surface area contributed by atoms with E-state index in [1.807, 2.05) is 76.3 Å². The summed E-state index contributed by atoms with van der Waals surface area (Å²) in [5.41, 5.74) is 7.94. The minimum absolute atomic E-state index is 0.0270. The Morgan fingerprint density at radius 2 is 1.19 bits per heavy atom. The van der Waals surface area contributed by atoms with Gasteiger partial charge in [0.1, 0.15) is 30.5 Å². The summed E-state index contributed by atoms with van der Waals surface area (Å²) >= 11 is 0. The van der Waals surface area contributed by atoms with Gasteiger partial charge in [-0.1, -0.05) is 141 Å². The largest absolute Gasteiger partial charge is 0.394 e. The molecule has 0 aromatic carbocycles. The Balaban J connectivity index is 1.55. The standard InChI is InChI=1S/C46H64O8/c1-29(17-13-19-31(3)21-23-36-33(5)25-35(48)26-45(36,7)8)15-11-12-16-30(2)18-14-20-32(4)22-24-37-34(6)40(49)38(27-46(37,9)10)53-44-43(52)42(51)41(50)39(28-47)54-44/h11-24,35,38-39,41-44,47-48,50-52H,25-28H2,1-10H3/b12-11+,17-13+,18-14+,23-21+,24-22+,29-15+,30-16+,31-19+,32-20+/t35-,38+,39?,41?,42?,43?,44?/m1/s1. The van der Waals surface area contributed by atoms with E-state index in [1.165, 1.54) is 16.7 Å². The molecule has 0 aromatic heterocycles. The molecule has 0 saturated carbocycles. The first-order chi connectivity index (χ1) is 25.3. The topological polar surface area (TPSA) is 137 Å². The molecule has 3 aliphatic rings. The zero-order chi connectivity index (χ0) is 40.4. The molecule has 1 heterocycles. The molecule has 296 valence electrons. The second-order valence-electron chi connectivity index (χ2n) is 16.4. The number of aliphatic hydroxyl groups is 5. The highest BCUT2D eigenvalue weighted by atomic mass is 16.7. The number of aliphatic hydroxyl groups excluding tert-OH is 5. The van der Waals surface area contributed by atoms with E-state index < -0.39 is 48.8 Å². The molecule has 7 atom stereocenters. The lowest BCUT2D eigenvalue weighted by atomic mass is 9.71. The van der Waals surface area contributed by atoms with Gasteiger partial charge in [0.25, 0.3) is 0 Å². The van der Waals surface area contributed by atoms with Crippen molar-refractivity contribution in [1.82, 2.24) is 0 Å². The fourth-order valence-corrected chi connectivity index (χ4v) is 7.30. The molecule has 8 heteroatoms. The van der Waals surface area contributed by atoms with Gasteiger partial charge in [-0.25, -0.2) is 0 Å². The molecule has 2 aliphatic carbocycles. The van der Waals surface area contributed by atoms with Gasteiger partial charge in [-0.05, 0) is 88.4 Å². The van der Waals surface area contributed by atoms with Gasteiger partial charge in [0.05, 0.1) is 12.7 Å². The summed E-state index contributed by atoms with van der Waals surface area (Å²) in [6.07, 6.45) is 22.3. The number of Topliss-reactive ketones (excluding diaryl/α,β-unsaturated/α-hetero) is 1. The van der Waals surface area contributed by atoms with Crippen molar-refractivity contribution in [2.24, 2.45) is 10.8 Å². The second-order valence-corrected chi connectivity index (χ2v) is 16.4. The summed E-state index contributed by atoms with van der Waals surface area (Å²) in [4.78, 5) is 13.3. The molecule has 0 aromatic rings. The minimum atomic E-state index is -1.58. The third kappa shape index (κ3) is 12.5. The Kier molecular flexibility index (Phi) is 16.6. The maximum absolute atomic E-state index is 13.3. The third-order valence-corrected chi connectivity index (χ3v) is 10.4. The van der Waals surface area contributed by atoms with Gasteiger partial charge in [-0.15, -0.1) is 0 Å². The van der Waals surface area contributed by atoms with E-state index in [-0.39, 0.29) is 17.3 Å². The zero-order valence-electron chi connectivity index (χ0n) is 33.9. The molecule has 0 bridgehead atoms. The van der Waals surface area contributed by atoms with E-state index >= 15 is 0 Å². The maximum atomic E-state index is 13.3. The van der Waals surface area contributed by atoms with Crippen LogP contribution in [-0.2, 0) is 14.3 Å². The lowest BCUT2D eigenvalue weighted by Gasteiger charge is -2.43. The summed E-state index contributed by atoms with van der Waals surface area (Å²) in [6, 6.07) is 0. The molecule has 5 N–H and O–H groups in total. The number of ether oxygens (including phenoxy) is 2. The van der Waals surface area contributed by atoms with Gasteiger partial charge in [-0.2, -0.15) is 0 Å². The van der Waals surface area contributed by atoms with Crippen LogP contribution >= 0.6 is 0 Å². The van der Waals surface area contributed by atoms with Crippen LogP contribution in [-0.4, -0.2) is 80.8 Å². The van der Waals surface area contributed by atoms with Gasteiger partial charge in [0, 0.05) is 0 Å². The van der Waals surface area contributed by atoms with Crippen molar-refractivity contribution < 1.29 is 39.8 Å². The summed E-state index contributed by atoms with van der Waals surface area (Å²) in [7, 11) is 0. The van der Waals surface area contributed by atoms with Crippen molar-refractivity contribution in [1.29, 1.82) is 0 Å². The van der Waals surface area contributed by atoms with Crippen molar-refractivity contribution in [3.63, 3.8) is 0 Å².